The van der Waals surface area contributed by atoms with Crippen LogP contribution in [-0.2, 0) is 0 Å². The van der Waals surface area contributed by atoms with E-state index in [9.17, 15) is 0 Å². The third kappa shape index (κ3) is 6.85. The Labute approximate surface area is 115 Å². The summed E-state index contributed by atoms with van der Waals surface area (Å²) < 4.78 is 0. The van der Waals surface area contributed by atoms with E-state index in [1.54, 1.807) is 6.92 Å². The summed E-state index contributed by atoms with van der Waals surface area (Å²) in [4.78, 5) is 3.95. The third-order valence-corrected chi connectivity index (χ3v) is 3.45. The van der Waals surface area contributed by atoms with Crippen LogP contribution in [0.4, 0.5) is 0 Å². The monoisotopic (exact) mass is 276 g/mol. The fourth-order valence-electron chi connectivity index (χ4n) is 1.24. The molecule has 1 atom stereocenters. The predicted octanol–water partition coefficient (Wildman–Crippen LogP) is 5.21. The van der Waals surface area contributed by atoms with Gasteiger partial charge in [-0.2, -0.15) is 0 Å². The molecule has 0 rings (SSSR count). The fraction of sp³-hybridized carbons (Fsp3) is 0.692. The van der Waals surface area contributed by atoms with Crippen molar-refractivity contribution in [1.82, 2.24) is 0 Å². The van der Waals surface area contributed by atoms with Gasteiger partial charge in [-0.15, -0.1) is 0 Å². The van der Waals surface area contributed by atoms with Crippen molar-refractivity contribution in [3.63, 3.8) is 0 Å². The zero-order valence-corrected chi connectivity index (χ0v) is 12.8. The van der Waals surface area contributed by atoms with Gasteiger partial charge in [0.2, 0.25) is 0 Å². The first-order chi connectivity index (χ1) is 7.75. The molecule has 17 heavy (non-hydrogen) atoms. The molecule has 0 fully saturated rings. The standard InChI is InChI=1S/C13H22Cl2N2/c1-8(2)9(3)6-7-12(16)10(4)13(15)17-11(5)14/h8-9,16H,6-7H2,1-5H3/b13-10-,16-12?,17-11+. The van der Waals surface area contributed by atoms with Crippen molar-refractivity contribution in [2.45, 2.75) is 47.5 Å². The second-order valence-corrected chi connectivity index (χ2v) is 5.67. The summed E-state index contributed by atoms with van der Waals surface area (Å²) in [7, 11) is 0. The minimum Gasteiger partial charge on any atom is -0.305 e. The number of rotatable bonds is 6. The highest BCUT2D eigenvalue weighted by atomic mass is 35.5. The van der Waals surface area contributed by atoms with Crippen molar-refractivity contribution in [1.29, 1.82) is 5.41 Å². The summed E-state index contributed by atoms with van der Waals surface area (Å²) >= 11 is 11.6. The van der Waals surface area contributed by atoms with E-state index >= 15 is 0 Å². The van der Waals surface area contributed by atoms with Gasteiger partial charge in [0.25, 0.3) is 0 Å². The summed E-state index contributed by atoms with van der Waals surface area (Å²) in [6.07, 6.45) is 1.74. The lowest BCUT2D eigenvalue weighted by molar-refractivity contribution is 0.398. The molecule has 1 unspecified atom stereocenters. The summed E-state index contributed by atoms with van der Waals surface area (Å²) in [5, 5.41) is 8.65. The Morgan fingerprint density at radius 3 is 2.12 bits per heavy atom. The van der Waals surface area contributed by atoms with Crippen molar-refractivity contribution in [3.05, 3.63) is 10.7 Å². The molecule has 0 amide bonds. The molecule has 1 N–H and O–H groups in total. The number of hydrogen-bond donors (Lipinski definition) is 1. The zero-order chi connectivity index (χ0) is 13.6. The highest BCUT2D eigenvalue weighted by Gasteiger charge is 2.11. The number of nitrogens with one attached hydrogen (secondary N) is 1. The molecule has 98 valence electrons. The highest BCUT2D eigenvalue weighted by Crippen LogP contribution is 2.20. The van der Waals surface area contributed by atoms with Crippen LogP contribution in [0.1, 0.15) is 47.5 Å². The van der Waals surface area contributed by atoms with E-state index in [0.717, 1.165) is 12.8 Å². The van der Waals surface area contributed by atoms with Crippen LogP contribution in [-0.4, -0.2) is 10.9 Å². The lowest BCUT2D eigenvalue weighted by Gasteiger charge is -2.15. The van der Waals surface area contributed by atoms with E-state index < -0.39 is 0 Å². The maximum Gasteiger partial charge on any atom is 0.135 e. The first-order valence-electron chi connectivity index (χ1n) is 5.90. The van der Waals surface area contributed by atoms with Crippen LogP contribution in [0.25, 0.3) is 0 Å². The molecular weight excluding hydrogens is 255 g/mol. The van der Waals surface area contributed by atoms with Crippen LogP contribution in [0, 0.1) is 17.2 Å². The molecule has 0 aliphatic heterocycles. The number of aliphatic imine (C=N–C) groups is 1. The minimum atomic E-state index is 0.319. The summed E-state index contributed by atoms with van der Waals surface area (Å²) in [6, 6.07) is 0. The van der Waals surface area contributed by atoms with Crippen LogP contribution >= 0.6 is 23.2 Å². The second kappa shape index (κ2) is 7.88. The minimum absolute atomic E-state index is 0.319. The maximum absolute atomic E-state index is 7.95. The molecule has 0 bridgehead atoms. The number of allylic oxidation sites excluding steroid dienone is 1. The van der Waals surface area contributed by atoms with Gasteiger partial charge in [0.15, 0.2) is 0 Å². The van der Waals surface area contributed by atoms with Crippen molar-refractivity contribution in [3.8, 4) is 0 Å². The smallest absolute Gasteiger partial charge is 0.135 e. The quantitative estimate of drug-likeness (QED) is 0.511. The van der Waals surface area contributed by atoms with Crippen molar-refractivity contribution in [2.24, 2.45) is 16.8 Å². The molecule has 4 heteroatoms. The van der Waals surface area contributed by atoms with Crippen LogP contribution in [0.2, 0.25) is 0 Å². The van der Waals surface area contributed by atoms with Crippen molar-refractivity contribution in [2.75, 3.05) is 0 Å². The molecule has 0 aliphatic rings. The Bertz CT molecular complexity index is 326. The zero-order valence-electron chi connectivity index (χ0n) is 11.3. The van der Waals surface area contributed by atoms with E-state index in [-0.39, 0.29) is 0 Å². The van der Waals surface area contributed by atoms with Gasteiger partial charge in [0, 0.05) is 11.3 Å². The topological polar surface area (TPSA) is 36.2 Å². The fourth-order valence-corrected chi connectivity index (χ4v) is 1.61. The van der Waals surface area contributed by atoms with E-state index in [0.29, 0.717) is 33.4 Å². The maximum atomic E-state index is 7.95. The molecule has 0 saturated carbocycles. The highest BCUT2D eigenvalue weighted by molar-refractivity contribution is 6.65. The first-order valence-corrected chi connectivity index (χ1v) is 6.66. The van der Waals surface area contributed by atoms with E-state index in [4.69, 9.17) is 28.6 Å². The van der Waals surface area contributed by atoms with Crippen molar-refractivity contribution < 1.29 is 0 Å². The van der Waals surface area contributed by atoms with Gasteiger partial charge in [-0.25, -0.2) is 4.99 Å². The molecule has 0 heterocycles. The van der Waals surface area contributed by atoms with Gasteiger partial charge in [0.1, 0.15) is 10.3 Å². The molecular formula is C13H22Cl2N2. The Kier molecular flexibility index (Phi) is 7.73. The Morgan fingerprint density at radius 1 is 1.18 bits per heavy atom. The average molecular weight is 277 g/mol. The molecule has 0 aromatic carbocycles. The Hall–Kier alpha value is -0.340. The Balaban J connectivity index is 4.47. The SMILES string of the molecule is C/C(Cl)=N\C(Cl)=C(\C)C(=N)CCC(C)C(C)C. The van der Waals surface area contributed by atoms with Gasteiger partial charge in [0.05, 0.1) is 0 Å². The van der Waals surface area contributed by atoms with Crippen LogP contribution in [0.3, 0.4) is 0 Å². The summed E-state index contributed by atoms with van der Waals surface area (Å²) in [5.74, 6) is 1.26. The van der Waals surface area contributed by atoms with E-state index in [1.807, 2.05) is 6.92 Å². The van der Waals surface area contributed by atoms with Gasteiger partial charge < -0.3 is 5.41 Å². The van der Waals surface area contributed by atoms with Crippen LogP contribution in [0.15, 0.2) is 15.7 Å². The summed E-state index contributed by atoms with van der Waals surface area (Å²) in [6.45, 7) is 10.1. The van der Waals surface area contributed by atoms with Gasteiger partial charge in [-0.05, 0) is 38.5 Å². The molecule has 0 aromatic heterocycles. The average Bonchev–Trinajstić information content (AvgIpc) is 2.22. The van der Waals surface area contributed by atoms with Crippen molar-refractivity contribution >= 4 is 34.1 Å². The number of hydrogen-bond acceptors (Lipinski definition) is 2. The van der Waals surface area contributed by atoms with Crippen LogP contribution in [0.5, 0.6) is 0 Å². The van der Waals surface area contributed by atoms with E-state index in [2.05, 4.69) is 25.8 Å². The molecule has 0 aromatic rings. The molecule has 0 spiro atoms. The Morgan fingerprint density at radius 2 is 1.71 bits per heavy atom. The van der Waals surface area contributed by atoms with Gasteiger partial charge >= 0.3 is 0 Å². The number of halogens is 2. The lowest BCUT2D eigenvalue weighted by Crippen LogP contribution is -2.08. The lowest BCUT2D eigenvalue weighted by atomic mass is 9.91. The van der Waals surface area contributed by atoms with Gasteiger partial charge in [-0.1, -0.05) is 44.0 Å². The van der Waals surface area contributed by atoms with Crippen LogP contribution < -0.4 is 0 Å². The first kappa shape index (κ1) is 16.7. The molecule has 2 nitrogen and oxygen atoms in total. The molecule has 0 saturated heterocycles. The largest absolute Gasteiger partial charge is 0.305 e. The molecule has 0 radical (unpaired) electrons. The predicted molar refractivity (Wildman–Crippen MR) is 78.5 cm³/mol. The molecule has 0 aliphatic carbocycles. The normalized spacial score (nSPS) is 15.9. The summed E-state index contributed by atoms with van der Waals surface area (Å²) in [5.41, 5.74) is 1.26. The van der Waals surface area contributed by atoms with Gasteiger partial charge in [-0.3, -0.25) is 0 Å². The number of nitrogens with zero attached hydrogens (tertiary/aromatic N) is 1. The third-order valence-electron chi connectivity index (χ3n) is 3.00. The second-order valence-electron chi connectivity index (χ2n) is 4.76. The van der Waals surface area contributed by atoms with E-state index in [1.165, 1.54) is 0 Å².